The lowest BCUT2D eigenvalue weighted by atomic mass is 9.85. The van der Waals surface area contributed by atoms with Gasteiger partial charge in [-0.05, 0) is 63.1 Å². The molecule has 2 fully saturated rings. The summed E-state index contributed by atoms with van der Waals surface area (Å²) in [6.07, 6.45) is 6.85. The maximum atomic E-state index is 13.1. The zero-order chi connectivity index (χ0) is 22.5. The minimum atomic E-state index is -3.66. The number of benzene rings is 1. The van der Waals surface area contributed by atoms with E-state index < -0.39 is 34.1 Å². The lowest BCUT2D eigenvalue weighted by Crippen LogP contribution is -2.42. The summed E-state index contributed by atoms with van der Waals surface area (Å²) in [5.41, 5.74) is -0.596. The van der Waals surface area contributed by atoms with Crippen LogP contribution in [0.3, 0.4) is 0 Å². The van der Waals surface area contributed by atoms with Crippen molar-refractivity contribution in [3.63, 3.8) is 0 Å². The molecule has 0 bridgehead atoms. The predicted molar refractivity (Wildman–Crippen MR) is 116 cm³/mol. The molecule has 1 aromatic carbocycles. The summed E-state index contributed by atoms with van der Waals surface area (Å²) < 4.78 is 32.8. The van der Waals surface area contributed by atoms with E-state index in [9.17, 15) is 23.1 Å². The van der Waals surface area contributed by atoms with Crippen molar-refractivity contribution < 1.29 is 27.9 Å². The topological polar surface area (TPSA) is 113 Å². The second-order valence-corrected chi connectivity index (χ2v) is 10.4. The van der Waals surface area contributed by atoms with Gasteiger partial charge in [-0.15, -0.1) is 0 Å². The van der Waals surface area contributed by atoms with Crippen molar-refractivity contribution in [3.8, 4) is 0 Å². The van der Waals surface area contributed by atoms with Gasteiger partial charge in [0.15, 0.2) is 12.2 Å². The Balaban J connectivity index is 1.64. The van der Waals surface area contributed by atoms with Crippen molar-refractivity contribution in [3.05, 3.63) is 23.8 Å². The first-order valence-corrected chi connectivity index (χ1v) is 12.5. The molecule has 2 N–H and O–H groups in total. The largest absolute Gasteiger partial charge is 0.453 e. The summed E-state index contributed by atoms with van der Waals surface area (Å²) >= 11 is 0. The van der Waals surface area contributed by atoms with Crippen LogP contribution in [0.2, 0.25) is 0 Å². The highest BCUT2D eigenvalue weighted by molar-refractivity contribution is 7.89. The Morgan fingerprint density at radius 2 is 1.68 bits per heavy atom. The maximum absolute atomic E-state index is 13.1. The predicted octanol–water partition coefficient (Wildman–Crippen LogP) is 2.74. The molecule has 2 aliphatic rings. The van der Waals surface area contributed by atoms with E-state index in [2.05, 4.69) is 5.32 Å². The zero-order valence-corrected chi connectivity index (χ0v) is 18.9. The highest BCUT2D eigenvalue weighted by Crippen LogP contribution is 2.29. The standard InChI is InChI=1S/C22H32N2O6S/c1-17-9-10-18(15-19(17)31(28,29)24-13-7-2-3-8-14-24)23-20(25)16-30-21(26)22(27)11-5-4-6-12-22/h9-10,15,27H,2-8,11-14,16H2,1H3,(H,23,25). The molecule has 172 valence electrons. The van der Waals surface area contributed by atoms with Gasteiger partial charge in [-0.25, -0.2) is 13.2 Å². The molecule has 0 unspecified atom stereocenters. The average Bonchev–Trinajstić information content (AvgIpc) is 3.04. The van der Waals surface area contributed by atoms with Crippen LogP contribution in [0.15, 0.2) is 23.1 Å². The van der Waals surface area contributed by atoms with Crippen LogP contribution < -0.4 is 5.32 Å². The number of hydrogen-bond acceptors (Lipinski definition) is 6. The van der Waals surface area contributed by atoms with E-state index in [1.54, 1.807) is 19.1 Å². The minimum absolute atomic E-state index is 0.167. The van der Waals surface area contributed by atoms with E-state index in [0.29, 0.717) is 37.2 Å². The number of carbonyl (C=O) groups excluding carboxylic acids is 2. The Labute approximate surface area is 184 Å². The molecule has 8 nitrogen and oxygen atoms in total. The van der Waals surface area contributed by atoms with Crippen LogP contribution in [0.4, 0.5) is 5.69 Å². The highest BCUT2D eigenvalue weighted by atomic mass is 32.2. The second kappa shape index (κ2) is 10.1. The molecule has 31 heavy (non-hydrogen) atoms. The van der Waals surface area contributed by atoms with E-state index in [0.717, 1.165) is 44.9 Å². The first-order valence-electron chi connectivity index (χ1n) is 11.0. The van der Waals surface area contributed by atoms with Crippen LogP contribution in [-0.4, -0.2) is 55.0 Å². The van der Waals surface area contributed by atoms with Gasteiger partial charge in [0.05, 0.1) is 4.90 Å². The number of rotatable bonds is 6. The smallest absolute Gasteiger partial charge is 0.338 e. The van der Waals surface area contributed by atoms with Crippen molar-refractivity contribution in [2.24, 2.45) is 0 Å². The van der Waals surface area contributed by atoms with E-state index in [1.165, 1.54) is 10.4 Å². The third-order valence-electron chi connectivity index (χ3n) is 6.05. The van der Waals surface area contributed by atoms with Crippen LogP contribution >= 0.6 is 0 Å². The van der Waals surface area contributed by atoms with Gasteiger partial charge in [0.2, 0.25) is 10.0 Å². The van der Waals surface area contributed by atoms with Gasteiger partial charge in [-0.2, -0.15) is 4.31 Å². The third kappa shape index (κ3) is 5.84. The number of esters is 1. The quantitative estimate of drug-likeness (QED) is 0.642. The molecular formula is C22H32N2O6S. The minimum Gasteiger partial charge on any atom is -0.453 e. The molecule has 1 heterocycles. The summed E-state index contributed by atoms with van der Waals surface area (Å²) in [6.45, 7) is 2.18. The molecule has 1 aliphatic carbocycles. The number of aryl methyl sites for hydroxylation is 1. The molecule has 3 rings (SSSR count). The summed E-state index contributed by atoms with van der Waals surface area (Å²) in [6, 6.07) is 4.71. The molecule has 1 saturated carbocycles. The van der Waals surface area contributed by atoms with Crippen molar-refractivity contribution >= 4 is 27.6 Å². The van der Waals surface area contributed by atoms with E-state index in [1.807, 2.05) is 0 Å². The molecule has 1 aromatic rings. The van der Waals surface area contributed by atoms with Crippen molar-refractivity contribution in [2.75, 3.05) is 25.0 Å². The maximum Gasteiger partial charge on any atom is 0.338 e. The fraction of sp³-hybridized carbons (Fsp3) is 0.636. The van der Waals surface area contributed by atoms with Crippen LogP contribution in [0.25, 0.3) is 0 Å². The third-order valence-corrected chi connectivity index (χ3v) is 8.09. The number of nitrogens with zero attached hydrogens (tertiary/aromatic N) is 1. The lowest BCUT2D eigenvalue weighted by molar-refractivity contribution is -0.170. The van der Waals surface area contributed by atoms with Crippen molar-refractivity contribution in [2.45, 2.75) is 75.2 Å². The van der Waals surface area contributed by atoms with Crippen LogP contribution in [0, 0.1) is 6.92 Å². The molecule has 0 aromatic heterocycles. The average molecular weight is 453 g/mol. The van der Waals surface area contributed by atoms with Gasteiger partial charge in [0.1, 0.15) is 0 Å². The van der Waals surface area contributed by atoms with Crippen molar-refractivity contribution in [1.29, 1.82) is 0 Å². The molecule has 0 spiro atoms. The van der Waals surface area contributed by atoms with Gasteiger partial charge < -0.3 is 15.2 Å². The number of hydrogen-bond donors (Lipinski definition) is 2. The second-order valence-electron chi connectivity index (χ2n) is 8.52. The number of sulfonamides is 1. The molecule has 1 aliphatic heterocycles. The molecule has 1 amide bonds. The summed E-state index contributed by atoms with van der Waals surface area (Å²) in [7, 11) is -3.66. The Kier molecular flexibility index (Phi) is 7.72. The lowest BCUT2D eigenvalue weighted by Gasteiger charge is -2.29. The zero-order valence-electron chi connectivity index (χ0n) is 18.1. The normalized spacial score (nSPS) is 19.9. The number of carbonyl (C=O) groups is 2. The van der Waals surface area contributed by atoms with E-state index >= 15 is 0 Å². The van der Waals surface area contributed by atoms with Crippen LogP contribution in [0.5, 0.6) is 0 Å². The SMILES string of the molecule is Cc1ccc(NC(=O)COC(=O)C2(O)CCCCC2)cc1S(=O)(=O)N1CCCCCC1. The highest BCUT2D eigenvalue weighted by Gasteiger charge is 2.39. The Morgan fingerprint density at radius 1 is 1.06 bits per heavy atom. The monoisotopic (exact) mass is 452 g/mol. The Morgan fingerprint density at radius 3 is 2.32 bits per heavy atom. The number of ether oxygens (including phenoxy) is 1. The van der Waals surface area contributed by atoms with Crippen molar-refractivity contribution in [1.82, 2.24) is 4.31 Å². The molecule has 1 saturated heterocycles. The number of aliphatic hydroxyl groups is 1. The van der Waals surface area contributed by atoms with Crippen LogP contribution in [-0.2, 0) is 24.3 Å². The first-order chi connectivity index (χ1) is 14.7. The molecule has 9 heteroatoms. The van der Waals surface area contributed by atoms with Gasteiger partial charge in [-0.1, -0.05) is 25.3 Å². The fourth-order valence-corrected chi connectivity index (χ4v) is 5.95. The first kappa shape index (κ1) is 23.7. The summed E-state index contributed by atoms with van der Waals surface area (Å²) in [4.78, 5) is 24.6. The fourth-order valence-electron chi connectivity index (χ4n) is 4.18. The van der Waals surface area contributed by atoms with E-state index in [4.69, 9.17) is 4.74 Å². The van der Waals surface area contributed by atoms with Gasteiger partial charge >= 0.3 is 5.97 Å². The van der Waals surface area contributed by atoms with Gasteiger partial charge in [-0.3, -0.25) is 4.79 Å². The summed E-state index contributed by atoms with van der Waals surface area (Å²) in [5, 5.41) is 13.0. The molecular weight excluding hydrogens is 420 g/mol. The van der Waals surface area contributed by atoms with Crippen LogP contribution in [0.1, 0.15) is 63.4 Å². The number of anilines is 1. The molecule has 0 atom stereocenters. The summed E-state index contributed by atoms with van der Waals surface area (Å²) in [5.74, 6) is -1.37. The van der Waals surface area contributed by atoms with E-state index in [-0.39, 0.29) is 4.90 Å². The van der Waals surface area contributed by atoms with Gasteiger partial charge in [0, 0.05) is 18.8 Å². The number of amides is 1. The number of nitrogens with one attached hydrogen (secondary N) is 1. The van der Waals surface area contributed by atoms with Gasteiger partial charge in [0.25, 0.3) is 5.91 Å². The molecule has 0 radical (unpaired) electrons. The Hall–Kier alpha value is -1.97. The Bertz CT molecular complexity index is 901.